The molecule has 0 bridgehead atoms. The third kappa shape index (κ3) is 2.59. The van der Waals surface area contributed by atoms with E-state index in [9.17, 15) is 10.2 Å². The number of hydrogen-bond donors (Lipinski definition) is 2. The summed E-state index contributed by atoms with van der Waals surface area (Å²) in [4.78, 5) is 2.61. The van der Waals surface area contributed by atoms with E-state index in [1.807, 2.05) is 6.07 Å². The van der Waals surface area contributed by atoms with Crippen molar-refractivity contribution in [2.75, 3.05) is 6.54 Å². The molecule has 2 aromatic rings. The molecule has 0 saturated carbocycles. The molecule has 23 heavy (non-hydrogen) atoms. The Morgan fingerprint density at radius 2 is 1.83 bits per heavy atom. The third-order valence-electron chi connectivity index (χ3n) is 5.51. The molecular formula is C20H23NO2. The largest absolute Gasteiger partial charge is 0.504 e. The zero-order valence-electron chi connectivity index (χ0n) is 13.3. The average molecular weight is 309 g/mol. The molecule has 0 unspecified atom stereocenters. The summed E-state index contributed by atoms with van der Waals surface area (Å²) in [5.74, 6) is 0.586. The maximum atomic E-state index is 10.2. The van der Waals surface area contributed by atoms with Crippen LogP contribution in [-0.4, -0.2) is 27.7 Å². The van der Waals surface area contributed by atoms with E-state index in [4.69, 9.17) is 0 Å². The summed E-state index contributed by atoms with van der Waals surface area (Å²) >= 11 is 0. The molecular weight excluding hydrogens is 286 g/mol. The van der Waals surface area contributed by atoms with Crippen molar-refractivity contribution in [3.63, 3.8) is 0 Å². The first-order valence-corrected chi connectivity index (χ1v) is 8.55. The molecule has 0 radical (unpaired) electrons. The molecule has 3 nitrogen and oxygen atoms in total. The fourth-order valence-electron chi connectivity index (χ4n) is 4.43. The van der Waals surface area contributed by atoms with Crippen LogP contribution in [0.5, 0.6) is 11.5 Å². The predicted molar refractivity (Wildman–Crippen MR) is 90.7 cm³/mol. The number of benzene rings is 2. The first-order valence-electron chi connectivity index (χ1n) is 8.55. The molecule has 1 fully saturated rings. The number of piperidine rings is 1. The van der Waals surface area contributed by atoms with E-state index in [0.717, 1.165) is 31.5 Å². The molecule has 1 aliphatic heterocycles. The normalized spacial score (nSPS) is 24.0. The van der Waals surface area contributed by atoms with Gasteiger partial charge in [-0.1, -0.05) is 36.4 Å². The van der Waals surface area contributed by atoms with Crippen molar-refractivity contribution in [1.82, 2.24) is 4.90 Å². The summed E-state index contributed by atoms with van der Waals surface area (Å²) in [5.41, 5.74) is 3.58. The van der Waals surface area contributed by atoms with Gasteiger partial charge in [-0.25, -0.2) is 0 Å². The monoisotopic (exact) mass is 309 g/mol. The topological polar surface area (TPSA) is 43.7 Å². The van der Waals surface area contributed by atoms with Crippen molar-refractivity contribution in [2.45, 2.75) is 44.2 Å². The lowest BCUT2D eigenvalue weighted by Gasteiger charge is -2.45. The van der Waals surface area contributed by atoms with E-state index in [0.29, 0.717) is 12.0 Å². The second kappa shape index (κ2) is 5.89. The molecule has 4 rings (SSSR count). The number of nitrogens with zero attached hydrogens (tertiary/aromatic N) is 1. The van der Waals surface area contributed by atoms with Gasteiger partial charge in [0, 0.05) is 18.2 Å². The molecule has 2 N–H and O–H groups in total. The van der Waals surface area contributed by atoms with Crippen molar-refractivity contribution in [2.24, 2.45) is 0 Å². The summed E-state index contributed by atoms with van der Waals surface area (Å²) in [7, 11) is 0. The molecule has 0 aromatic heterocycles. The first kappa shape index (κ1) is 14.6. The highest BCUT2D eigenvalue weighted by molar-refractivity contribution is 5.51. The van der Waals surface area contributed by atoms with Crippen LogP contribution in [0.3, 0.4) is 0 Å². The number of phenols is 2. The van der Waals surface area contributed by atoms with Crippen LogP contribution in [0.1, 0.15) is 41.9 Å². The number of hydrogen-bond acceptors (Lipinski definition) is 3. The fourth-order valence-corrected chi connectivity index (χ4v) is 4.43. The van der Waals surface area contributed by atoms with E-state index >= 15 is 0 Å². The van der Waals surface area contributed by atoms with E-state index in [-0.39, 0.29) is 11.5 Å². The first-order chi connectivity index (χ1) is 11.2. The van der Waals surface area contributed by atoms with Crippen LogP contribution in [0.15, 0.2) is 42.5 Å². The molecule has 2 aliphatic rings. The molecule has 1 saturated heterocycles. The molecule has 1 aliphatic carbocycles. The summed E-state index contributed by atoms with van der Waals surface area (Å²) in [6.45, 7) is 2.15. The molecule has 2 aromatic carbocycles. The molecule has 0 spiro atoms. The van der Waals surface area contributed by atoms with Gasteiger partial charge >= 0.3 is 0 Å². The SMILES string of the molecule is Oc1ccc2c(c1O)CC[C@@H]1[C@@H]2CCCN1Cc1ccccc1. The van der Waals surface area contributed by atoms with Crippen LogP contribution in [-0.2, 0) is 13.0 Å². The second-order valence-electron chi connectivity index (χ2n) is 6.81. The number of phenolic OH excluding ortho intramolecular Hbond substituents is 2. The van der Waals surface area contributed by atoms with Crippen LogP contribution in [0.2, 0.25) is 0 Å². The quantitative estimate of drug-likeness (QED) is 0.830. The number of fused-ring (bicyclic) bond motifs is 3. The van der Waals surface area contributed by atoms with Crippen molar-refractivity contribution >= 4 is 0 Å². The van der Waals surface area contributed by atoms with E-state index in [1.165, 1.54) is 24.0 Å². The van der Waals surface area contributed by atoms with Gasteiger partial charge in [-0.15, -0.1) is 0 Å². The van der Waals surface area contributed by atoms with E-state index in [1.54, 1.807) is 6.07 Å². The maximum absolute atomic E-state index is 10.2. The Bertz CT molecular complexity index is 698. The van der Waals surface area contributed by atoms with Crippen LogP contribution in [0.25, 0.3) is 0 Å². The minimum atomic E-state index is 0.0131. The highest BCUT2D eigenvalue weighted by Crippen LogP contribution is 2.45. The Morgan fingerprint density at radius 3 is 2.65 bits per heavy atom. The zero-order valence-corrected chi connectivity index (χ0v) is 13.3. The van der Waals surface area contributed by atoms with Crippen LogP contribution < -0.4 is 0 Å². The molecule has 0 amide bonds. The highest BCUT2D eigenvalue weighted by Gasteiger charge is 2.37. The minimum Gasteiger partial charge on any atom is -0.504 e. The van der Waals surface area contributed by atoms with E-state index in [2.05, 4.69) is 35.2 Å². The zero-order chi connectivity index (χ0) is 15.8. The lowest BCUT2D eigenvalue weighted by Crippen LogP contribution is -2.45. The average Bonchev–Trinajstić information content (AvgIpc) is 2.59. The standard InChI is InChI=1S/C20H23NO2/c22-19-11-9-15-16-7-4-12-21(13-14-5-2-1-3-6-14)18(16)10-8-17(15)20(19)23/h1-3,5-6,9,11,16,18,22-23H,4,7-8,10,12-13H2/t16-,18-/m1/s1. The smallest absolute Gasteiger partial charge is 0.160 e. The van der Waals surface area contributed by atoms with Crippen molar-refractivity contribution in [3.8, 4) is 11.5 Å². The van der Waals surface area contributed by atoms with Gasteiger partial charge in [0.05, 0.1) is 0 Å². The molecule has 2 atom stereocenters. The third-order valence-corrected chi connectivity index (χ3v) is 5.51. The Morgan fingerprint density at radius 1 is 1.00 bits per heavy atom. The van der Waals surface area contributed by atoms with Crippen LogP contribution >= 0.6 is 0 Å². The van der Waals surface area contributed by atoms with Gasteiger partial charge in [0.2, 0.25) is 0 Å². The van der Waals surface area contributed by atoms with Gasteiger partial charge < -0.3 is 10.2 Å². The highest BCUT2D eigenvalue weighted by atomic mass is 16.3. The van der Waals surface area contributed by atoms with Gasteiger partial charge in [0.15, 0.2) is 11.5 Å². The molecule has 1 heterocycles. The number of rotatable bonds is 2. The van der Waals surface area contributed by atoms with Gasteiger partial charge in [-0.2, -0.15) is 0 Å². The Kier molecular flexibility index (Phi) is 3.74. The van der Waals surface area contributed by atoms with Crippen molar-refractivity contribution in [1.29, 1.82) is 0 Å². The Labute approximate surface area is 137 Å². The summed E-state index contributed by atoms with van der Waals surface area (Å²) in [6, 6.07) is 14.9. The maximum Gasteiger partial charge on any atom is 0.160 e. The van der Waals surface area contributed by atoms with Gasteiger partial charge in [0.1, 0.15) is 0 Å². The predicted octanol–water partition coefficient (Wildman–Crippen LogP) is 3.79. The van der Waals surface area contributed by atoms with Crippen LogP contribution in [0, 0.1) is 0 Å². The lowest BCUT2D eigenvalue weighted by molar-refractivity contribution is 0.104. The Balaban J connectivity index is 1.62. The fraction of sp³-hybridized carbons (Fsp3) is 0.400. The van der Waals surface area contributed by atoms with Gasteiger partial charge in [-0.3, -0.25) is 4.90 Å². The molecule has 120 valence electrons. The summed E-state index contributed by atoms with van der Waals surface area (Å²) in [6.07, 6.45) is 4.27. The van der Waals surface area contributed by atoms with Gasteiger partial charge in [0.25, 0.3) is 0 Å². The lowest BCUT2D eigenvalue weighted by atomic mass is 9.74. The van der Waals surface area contributed by atoms with Crippen LogP contribution in [0.4, 0.5) is 0 Å². The second-order valence-corrected chi connectivity index (χ2v) is 6.81. The van der Waals surface area contributed by atoms with E-state index < -0.39 is 0 Å². The summed E-state index contributed by atoms with van der Waals surface area (Å²) in [5, 5.41) is 19.9. The van der Waals surface area contributed by atoms with Crippen molar-refractivity contribution < 1.29 is 10.2 Å². The van der Waals surface area contributed by atoms with Gasteiger partial charge in [-0.05, 0) is 55.3 Å². The summed E-state index contributed by atoms with van der Waals surface area (Å²) < 4.78 is 0. The minimum absolute atomic E-state index is 0.0131. The number of aromatic hydroxyl groups is 2. The molecule has 3 heteroatoms. The Hall–Kier alpha value is -2.00. The number of likely N-dealkylation sites (tertiary alicyclic amines) is 1. The van der Waals surface area contributed by atoms with Crippen molar-refractivity contribution in [3.05, 3.63) is 59.2 Å².